The zero-order chi connectivity index (χ0) is 36.1. The first-order valence-corrected chi connectivity index (χ1v) is 17.6. The van der Waals surface area contributed by atoms with Crippen molar-refractivity contribution in [3.63, 3.8) is 0 Å². The molecule has 6 aromatic carbocycles. The Morgan fingerprint density at radius 1 is 0.442 bits per heavy atom. The van der Waals surface area contributed by atoms with Gasteiger partial charge in [0.25, 0.3) is 0 Å². The minimum atomic E-state index is 0. The quantitative estimate of drug-likeness (QED) is 0.0663. The van der Waals surface area contributed by atoms with Crippen LogP contribution in [0.15, 0.2) is 127 Å². The van der Waals surface area contributed by atoms with Crippen LogP contribution in [-0.2, 0) is 0 Å². The van der Waals surface area contributed by atoms with Crippen LogP contribution in [0.5, 0.6) is 17.2 Å². The van der Waals surface area contributed by atoms with Crippen LogP contribution in [0.25, 0.3) is 66.2 Å². The Morgan fingerprint density at radius 2 is 0.827 bits per heavy atom. The van der Waals surface area contributed by atoms with Gasteiger partial charge in [0, 0.05) is 4.47 Å². The Kier molecular flexibility index (Phi) is 12.7. The summed E-state index contributed by atoms with van der Waals surface area (Å²) in [5.41, 5.74) is 8.46. The van der Waals surface area contributed by atoms with Crippen LogP contribution in [0, 0.1) is 0 Å². The topological polar surface area (TPSA) is 150 Å². The van der Waals surface area contributed by atoms with E-state index in [-0.39, 0.29) is 24.7 Å². The standard InChI is InChI=1S/C12H6Br2N2O.C12H7BrN2O.C12H8N2O.CH4.BHNS/c13-6-5-7(14)12(17)11-10(6)15-8-3-1-2-4-9(8)16-11;13-7-5-6-10-11(12(7)16)15-9-4-2-1-3-8(9)14-10;15-11-7-3-6-10-12(11)14-9-5-2-1-4-8(9)13-10;;1-2-3/h1-5,17H;1-6,16H;1-7,15H;1H4;3H. The Hall–Kier alpha value is -4.83. The fraction of sp³-hybridized carbons (Fsp3) is 0.0270. The minimum absolute atomic E-state index is 0. The first-order valence-electron chi connectivity index (χ1n) is 14.8. The van der Waals surface area contributed by atoms with Gasteiger partial charge in [-0.3, -0.25) is 0 Å². The number of phenols is 3. The van der Waals surface area contributed by atoms with Crippen molar-refractivity contribution in [1.29, 1.82) is 0 Å². The van der Waals surface area contributed by atoms with E-state index in [1.54, 1.807) is 24.3 Å². The molecule has 0 fully saturated rings. The van der Waals surface area contributed by atoms with Gasteiger partial charge < -0.3 is 15.3 Å². The molecule has 1 radical (unpaired) electrons. The van der Waals surface area contributed by atoms with Crippen molar-refractivity contribution >= 4 is 134 Å². The number of rotatable bonds is 0. The van der Waals surface area contributed by atoms with E-state index in [1.165, 1.54) is 0 Å². The van der Waals surface area contributed by atoms with Crippen molar-refractivity contribution in [2.24, 2.45) is 4.30 Å². The SMILES string of the molecule is C.Oc1c(Br)cc(Br)c2nc3ccccc3nc12.Oc1c(Br)ccc2nc3ccccc3nc12.Oc1cccc2nc3ccccc3nc12.[B]=NS. The Morgan fingerprint density at radius 3 is 1.35 bits per heavy atom. The summed E-state index contributed by atoms with van der Waals surface area (Å²) in [5.74, 6) is 0.419. The molecule has 9 aromatic rings. The van der Waals surface area contributed by atoms with E-state index >= 15 is 0 Å². The first kappa shape index (κ1) is 38.4. The second kappa shape index (κ2) is 17.1. The molecule has 0 aliphatic heterocycles. The number of nitrogens with zero attached hydrogens (tertiary/aromatic N) is 7. The fourth-order valence-electron chi connectivity index (χ4n) is 4.97. The van der Waals surface area contributed by atoms with E-state index in [9.17, 15) is 15.3 Å². The molecule has 10 nitrogen and oxygen atoms in total. The van der Waals surface area contributed by atoms with Gasteiger partial charge in [-0.2, -0.15) is 0 Å². The summed E-state index contributed by atoms with van der Waals surface area (Å²) in [4.78, 5) is 26.5. The van der Waals surface area contributed by atoms with Gasteiger partial charge in [0.05, 0.1) is 53.1 Å². The van der Waals surface area contributed by atoms with E-state index in [0.29, 0.717) is 42.0 Å². The van der Waals surface area contributed by atoms with Crippen LogP contribution >= 0.6 is 60.6 Å². The number of hydrogen-bond acceptors (Lipinski definition) is 11. The number of aromatic hydroxyl groups is 3. The average molecular weight is 899 g/mol. The fourth-order valence-corrected chi connectivity index (χ4v) is 6.52. The van der Waals surface area contributed by atoms with Gasteiger partial charge in [-0.1, -0.05) is 49.9 Å². The Balaban J connectivity index is 0.000000144. The number of phenolic OH excluding ortho intramolecular Hbond substituents is 3. The maximum atomic E-state index is 9.97. The summed E-state index contributed by atoms with van der Waals surface area (Å²) in [5, 5.41) is 29.5. The van der Waals surface area contributed by atoms with Gasteiger partial charge in [0.15, 0.2) is 11.5 Å². The predicted octanol–water partition coefficient (Wildman–Crippen LogP) is 10.6. The summed E-state index contributed by atoms with van der Waals surface area (Å²) in [6, 6.07) is 33.4. The zero-order valence-corrected chi connectivity index (χ0v) is 31.7. The van der Waals surface area contributed by atoms with Crippen molar-refractivity contribution in [3.05, 3.63) is 123 Å². The predicted molar refractivity (Wildman–Crippen MR) is 223 cm³/mol. The molecule has 0 unspecified atom stereocenters. The maximum absolute atomic E-state index is 9.97. The van der Waals surface area contributed by atoms with Crippen molar-refractivity contribution in [2.75, 3.05) is 0 Å². The Labute approximate surface area is 329 Å². The molecule has 3 aromatic heterocycles. The Bertz CT molecular complexity index is 2750. The summed E-state index contributed by atoms with van der Waals surface area (Å²) >= 11 is 13.2. The molecule has 0 aliphatic rings. The number of thiol groups is 1. The molecular formula is C37H26BBr3N7O3S. The molecule has 9 rings (SSSR count). The normalized spacial score (nSPS) is 10.4. The molecule has 3 N–H and O–H groups in total. The number of para-hydroxylation sites is 7. The molecule has 0 saturated carbocycles. The van der Waals surface area contributed by atoms with E-state index in [1.807, 2.05) is 84.9 Å². The molecular weight excluding hydrogens is 873 g/mol. The van der Waals surface area contributed by atoms with Crippen molar-refractivity contribution in [1.82, 2.24) is 29.9 Å². The number of fused-ring (bicyclic) bond motifs is 6. The molecule has 0 bridgehead atoms. The third-order valence-corrected chi connectivity index (χ3v) is 9.13. The third kappa shape index (κ3) is 8.28. The van der Waals surface area contributed by atoms with Gasteiger partial charge in [-0.25, -0.2) is 29.9 Å². The van der Waals surface area contributed by atoms with Crippen LogP contribution in [0.2, 0.25) is 0 Å². The molecule has 0 saturated heterocycles. The second-order valence-electron chi connectivity index (χ2n) is 10.5. The number of aromatic nitrogens is 6. The van der Waals surface area contributed by atoms with Gasteiger partial charge in [-0.15, -0.1) is 0 Å². The molecule has 257 valence electrons. The van der Waals surface area contributed by atoms with Crippen LogP contribution in [0.1, 0.15) is 7.43 Å². The summed E-state index contributed by atoms with van der Waals surface area (Å²) in [6.07, 6.45) is 0. The van der Waals surface area contributed by atoms with E-state index < -0.39 is 0 Å². The van der Waals surface area contributed by atoms with E-state index in [4.69, 9.17) is 0 Å². The zero-order valence-electron chi connectivity index (χ0n) is 26.0. The first-order chi connectivity index (χ1) is 24.7. The molecule has 0 atom stereocenters. The van der Waals surface area contributed by atoms with Crippen LogP contribution in [-0.4, -0.2) is 52.9 Å². The number of halogens is 3. The molecule has 52 heavy (non-hydrogen) atoms. The monoisotopic (exact) mass is 896 g/mol. The summed E-state index contributed by atoms with van der Waals surface area (Å²) in [6.45, 7) is 0. The second-order valence-corrected chi connectivity index (χ2v) is 13.3. The van der Waals surface area contributed by atoms with Crippen LogP contribution in [0.4, 0.5) is 0 Å². The van der Waals surface area contributed by atoms with E-state index in [0.717, 1.165) is 37.6 Å². The summed E-state index contributed by atoms with van der Waals surface area (Å²) in [7, 11) is 4.34. The third-order valence-electron chi connectivity index (χ3n) is 7.28. The molecule has 0 aliphatic carbocycles. The molecule has 0 amide bonds. The average Bonchev–Trinajstić information content (AvgIpc) is 3.15. The van der Waals surface area contributed by atoms with Crippen LogP contribution in [0.3, 0.4) is 0 Å². The number of hydrogen-bond donors (Lipinski definition) is 4. The van der Waals surface area contributed by atoms with Gasteiger partial charge in [0.1, 0.15) is 27.8 Å². The van der Waals surface area contributed by atoms with Gasteiger partial charge in [-0.05, 0) is 115 Å². The number of benzene rings is 6. The van der Waals surface area contributed by atoms with Crippen molar-refractivity contribution < 1.29 is 15.3 Å². The molecule has 0 spiro atoms. The van der Waals surface area contributed by atoms with Crippen LogP contribution < -0.4 is 0 Å². The van der Waals surface area contributed by atoms with Crippen molar-refractivity contribution in [2.45, 2.75) is 7.43 Å². The summed E-state index contributed by atoms with van der Waals surface area (Å²) < 4.78 is 4.72. The van der Waals surface area contributed by atoms with Gasteiger partial charge in [0.2, 0.25) is 0 Å². The van der Waals surface area contributed by atoms with E-state index in [2.05, 4.69) is 102 Å². The molecule has 3 heterocycles. The molecule has 15 heteroatoms. The van der Waals surface area contributed by atoms with Gasteiger partial charge >= 0.3 is 24.8 Å². The van der Waals surface area contributed by atoms with Crippen molar-refractivity contribution in [3.8, 4) is 17.2 Å².